The van der Waals surface area contributed by atoms with Crippen LogP contribution in [0.5, 0.6) is 0 Å². The summed E-state index contributed by atoms with van der Waals surface area (Å²) < 4.78 is 19.1. The van der Waals surface area contributed by atoms with E-state index in [0.29, 0.717) is 34.0 Å². The van der Waals surface area contributed by atoms with Crippen LogP contribution in [0.2, 0.25) is 0 Å². The highest BCUT2D eigenvalue weighted by Crippen LogP contribution is 2.33. The van der Waals surface area contributed by atoms with Crippen LogP contribution in [-0.2, 0) is 22.3 Å². The number of nitrogens with zero attached hydrogens (tertiary/aromatic N) is 2. The first kappa shape index (κ1) is 19.4. The lowest BCUT2D eigenvalue weighted by Crippen LogP contribution is -2.23. The van der Waals surface area contributed by atoms with Gasteiger partial charge in [0.05, 0.1) is 22.9 Å². The molecule has 1 unspecified atom stereocenters. The Labute approximate surface area is 180 Å². The number of aromatic nitrogens is 2. The third-order valence-corrected chi connectivity index (χ3v) is 6.80. The molecule has 156 valence electrons. The Morgan fingerprint density at radius 3 is 2.77 bits per heavy atom. The number of fused-ring (bicyclic) bond motifs is 2. The van der Waals surface area contributed by atoms with Crippen molar-refractivity contribution in [2.45, 2.75) is 25.4 Å². The van der Waals surface area contributed by atoms with Gasteiger partial charge in [0.1, 0.15) is 17.0 Å². The van der Waals surface area contributed by atoms with E-state index in [0.717, 1.165) is 22.4 Å². The van der Waals surface area contributed by atoms with E-state index in [1.54, 1.807) is 22.9 Å². The lowest BCUT2D eigenvalue weighted by Gasteiger charge is -2.14. The maximum atomic E-state index is 13.1. The van der Waals surface area contributed by atoms with Crippen LogP contribution in [0.1, 0.15) is 32.7 Å². The van der Waals surface area contributed by atoms with Crippen molar-refractivity contribution in [2.75, 3.05) is 5.32 Å². The number of nitrogens with one attached hydrogen (secondary N) is 1. The molecule has 1 aliphatic heterocycles. The summed E-state index contributed by atoms with van der Waals surface area (Å²) >= 11 is 0. The second kappa shape index (κ2) is 7.31. The lowest BCUT2D eigenvalue weighted by molar-refractivity contribution is 0.102. The van der Waals surface area contributed by atoms with Crippen LogP contribution in [0.3, 0.4) is 0 Å². The van der Waals surface area contributed by atoms with Gasteiger partial charge in [-0.25, -0.2) is 9.48 Å². The van der Waals surface area contributed by atoms with Crippen molar-refractivity contribution < 1.29 is 13.4 Å². The number of carbonyl (C=O) groups is 1. The topological polar surface area (TPSA) is 94.2 Å². The molecule has 0 saturated heterocycles. The summed E-state index contributed by atoms with van der Waals surface area (Å²) in [5.74, 6) is 0.495. The average Bonchev–Trinajstić information content (AvgIpc) is 3.26. The summed E-state index contributed by atoms with van der Waals surface area (Å²) in [5.41, 5.74) is 3.96. The normalized spacial score (nSPS) is 15.2. The largest absolute Gasteiger partial charge is 0.422 e. The third kappa shape index (κ3) is 3.29. The number of para-hydroxylation sites is 1. The molecule has 1 atom stereocenters. The number of anilines is 1. The molecule has 3 heterocycles. The zero-order valence-electron chi connectivity index (χ0n) is 17.0. The van der Waals surface area contributed by atoms with E-state index in [1.165, 1.54) is 6.07 Å². The molecule has 8 heteroatoms. The Balaban J connectivity index is 1.62. The Hall–Kier alpha value is -3.52. The van der Waals surface area contributed by atoms with Gasteiger partial charge in [-0.15, -0.1) is 0 Å². The number of aryl methyl sites for hydroxylation is 1. The number of amides is 1. The van der Waals surface area contributed by atoms with E-state index in [4.69, 9.17) is 4.42 Å². The minimum absolute atomic E-state index is 0.0970. The summed E-state index contributed by atoms with van der Waals surface area (Å²) in [7, 11) is -1.06. The number of carbonyl (C=O) groups excluding carboxylic acids is 1. The zero-order valence-corrected chi connectivity index (χ0v) is 17.8. The van der Waals surface area contributed by atoms with Crippen molar-refractivity contribution in [1.82, 2.24) is 9.78 Å². The van der Waals surface area contributed by atoms with Gasteiger partial charge in [-0.2, -0.15) is 5.10 Å². The van der Waals surface area contributed by atoms with Crippen molar-refractivity contribution in [1.29, 1.82) is 0 Å². The number of benzene rings is 2. The van der Waals surface area contributed by atoms with Crippen LogP contribution in [0.15, 0.2) is 57.7 Å². The summed E-state index contributed by atoms with van der Waals surface area (Å²) in [6.07, 6.45) is 0. The van der Waals surface area contributed by atoms with Crippen LogP contribution in [0, 0.1) is 13.8 Å². The molecule has 0 spiro atoms. The monoisotopic (exact) mass is 433 g/mol. The fourth-order valence-electron chi connectivity index (χ4n) is 3.79. The first-order chi connectivity index (χ1) is 14.9. The van der Waals surface area contributed by atoms with Gasteiger partial charge in [-0.1, -0.05) is 30.3 Å². The van der Waals surface area contributed by atoms with Crippen molar-refractivity contribution in [2.24, 2.45) is 0 Å². The predicted molar refractivity (Wildman–Crippen MR) is 119 cm³/mol. The van der Waals surface area contributed by atoms with E-state index in [9.17, 15) is 13.8 Å². The molecule has 5 rings (SSSR count). The van der Waals surface area contributed by atoms with Crippen LogP contribution in [0.4, 0.5) is 5.82 Å². The molecule has 0 saturated carbocycles. The van der Waals surface area contributed by atoms with Gasteiger partial charge >= 0.3 is 5.63 Å². The molecule has 0 radical (unpaired) electrons. The first-order valence-electron chi connectivity index (χ1n) is 9.79. The summed E-state index contributed by atoms with van der Waals surface area (Å²) in [5, 5.41) is 8.14. The molecule has 2 aromatic heterocycles. The van der Waals surface area contributed by atoms with E-state index in [2.05, 4.69) is 10.4 Å². The predicted octanol–water partition coefficient (Wildman–Crippen LogP) is 3.61. The Morgan fingerprint density at radius 1 is 1.13 bits per heavy atom. The van der Waals surface area contributed by atoms with Crippen molar-refractivity contribution >= 4 is 33.5 Å². The molecular weight excluding hydrogens is 414 g/mol. The molecule has 0 bridgehead atoms. The molecular formula is C23H19N3O4S. The average molecular weight is 433 g/mol. The second-order valence-corrected chi connectivity index (χ2v) is 9.03. The molecule has 1 aliphatic rings. The van der Waals surface area contributed by atoms with Crippen molar-refractivity contribution in [3.63, 3.8) is 0 Å². The second-order valence-electron chi connectivity index (χ2n) is 7.57. The third-order valence-electron chi connectivity index (χ3n) is 5.59. The van der Waals surface area contributed by atoms with Crippen LogP contribution in [0.25, 0.3) is 16.7 Å². The van der Waals surface area contributed by atoms with Crippen molar-refractivity contribution in [3.05, 3.63) is 86.9 Å². The Bertz CT molecular complexity index is 1450. The maximum absolute atomic E-state index is 13.1. The molecule has 1 N–H and O–H groups in total. The molecule has 1 amide bonds. The van der Waals surface area contributed by atoms with Gasteiger partial charge in [-0.05, 0) is 43.2 Å². The van der Waals surface area contributed by atoms with Gasteiger partial charge in [0, 0.05) is 21.7 Å². The van der Waals surface area contributed by atoms with E-state index < -0.39 is 22.3 Å². The highest BCUT2D eigenvalue weighted by atomic mass is 32.2. The minimum atomic E-state index is -1.06. The fraction of sp³-hybridized carbons (Fsp3) is 0.174. The highest BCUT2D eigenvalue weighted by Gasteiger charge is 2.29. The van der Waals surface area contributed by atoms with E-state index in [1.807, 2.05) is 38.1 Å². The Morgan fingerprint density at radius 2 is 1.94 bits per heavy atom. The zero-order chi connectivity index (χ0) is 21.7. The standard InChI is InChI=1S/C23H19N3O4S/c1-13-6-5-8-19(14(13)2)26-21(17-11-31(29)12-18(17)25-26)24-22(27)16-10-15-7-3-4-9-20(15)30-23(16)28/h3-10H,11-12H2,1-2H3,(H,24,27). The first-order valence-corrected chi connectivity index (χ1v) is 11.3. The van der Waals surface area contributed by atoms with Gasteiger partial charge in [0.15, 0.2) is 0 Å². The van der Waals surface area contributed by atoms with Gasteiger partial charge < -0.3 is 9.73 Å². The van der Waals surface area contributed by atoms with E-state index in [-0.39, 0.29) is 5.56 Å². The van der Waals surface area contributed by atoms with Crippen molar-refractivity contribution in [3.8, 4) is 5.69 Å². The van der Waals surface area contributed by atoms with Crippen LogP contribution in [-0.4, -0.2) is 19.9 Å². The molecule has 31 heavy (non-hydrogen) atoms. The maximum Gasteiger partial charge on any atom is 0.349 e. The van der Waals surface area contributed by atoms with Gasteiger partial charge in [-0.3, -0.25) is 9.00 Å². The van der Waals surface area contributed by atoms with Crippen LogP contribution >= 0.6 is 0 Å². The quantitative estimate of drug-likeness (QED) is 0.498. The highest BCUT2D eigenvalue weighted by molar-refractivity contribution is 7.83. The SMILES string of the molecule is Cc1cccc(-n2nc3c(c2NC(=O)c2cc4ccccc4oc2=O)CS(=O)C3)c1C. The minimum Gasteiger partial charge on any atom is -0.422 e. The molecule has 0 fully saturated rings. The van der Waals surface area contributed by atoms with E-state index >= 15 is 0 Å². The fourth-order valence-corrected chi connectivity index (χ4v) is 5.05. The summed E-state index contributed by atoms with van der Waals surface area (Å²) in [6.45, 7) is 3.99. The number of hydrogen-bond acceptors (Lipinski definition) is 5. The molecule has 4 aromatic rings. The number of rotatable bonds is 3. The Kier molecular flexibility index (Phi) is 4.59. The van der Waals surface area contributed by atoms with Gasteiger partial charge in [0.2, 0.25) is 0 Å². The summed E-state index contributed by atoms with van der Waals surface area (Å²) in [4.78, 5) is 25.5. The summed E-state index contributed by atoms with van der Waals surface area (Å²) in [6, 6.07) is 14.4. The smallest absolute Gasteiger partial charge is 0.349 e. The lowest BCUT2D eigenvalue weighted by atomic mass is 10.1. The molecule has 7 nitrogen and oxygen atoms in total. The van der Waals surface area contributed by atoms with Crippen LogP contribution < -0.4 is 10.9 Å². The molecule has 0 aliphatic carbocycles. The number of hydrogen-bond donors (Lipinski definition) is 1. The van der Waals surface area contributed by atoms with Gasteiger partial charge in [0.25, 0.3) is 5.91 Å². The molecule has 2 aromatic carbocycles.